The van der Waals surface area contributed by atoms with Crippen LogP contribution < -0.4 is 0 Å². The van der Waals surface area contributed by atoms with E-state index in [4.69, 9.17) is 9.47 Å². The first-order chi connectivity index (χ1) is 19.3. The van der Waals surface area contributed by atoms with Crippen molar-refractivity contribution in [3.05, 3.63) is 49.6 Å². The zero-order valence-electron chi connectivity index (χ0n) is 23.1. The molecule has 214 valence electrons. The first-order valence-electron chi connectivity index (χ1n) is 13.8. The number of carbonyl (C=O) groups excluding carboxylic acids is 3. The number of amides is 2. The maximum Gasteiger partial charge on any atom is 0.312 e. The Morgan fingerprint density at radius 2 is 2.08 bits per heavy atom. The number of ether oxygens (including phenoxy) is 2. The Balaban J connectivity index is 1.54. The monoisotopic (exact) mass is 551 g/mol. The van der Waals surface area contributed by atoms with Gasteiger partial charge < -0.3 is 24.4 Å². The normalized spacial score (nSPS) is 29.4. The lowest BCUT2D eigenvalue weighted by atomic mass is 9.66. The summed E-state index contributed by atoms with van der Waals surface area (Å²) < 4.78 is 13.8. The molecule has 1 aromatic carbocycles. The van der Waals surface area contributed by atoms with Gasteiger partial charge in [-0.05, 0) is 44.7 Å². The fraction of sp³-hybridized carbons (Fsp3) is 0.552. The van der Waals surface area contributed by atoms with Crippen LogP contribution in [0.2, 0.25) is 0 Å². The second-order valence-electron chi connectivity index (χ2n) is 11.0. The number of aliphatic hydroxyl groups excluding tert-OH is 1. The zero-order chi connectivity index (χ0) is 28.7. The number of hydrogen-bond acceptors (Lipinski definition) is 8. The Bertz CT molecular complexity index is 1320. The number of fused-ring (bicyclic) bond motifs is 2. The van der Waals surface area contributed by atoms with Gasteiger partial charge in [-0.2, -0.15) is 0 Å². The Labute approximate surface area is 233 Å². The summed E-state index contributed by atoms with van der Waals surface area (Å²) in [7, 11) is 0. The summed E-state index contributed by atoms with van der Waals surface area (Å²) in [4.78, 5) is 45.2. The van der Waals surface area contributed by atoms with Crippen LogP contribution in [0.1, 0.15) is 39.5 Å². The molecule has 0 saturated carbocycles. The van der Waals surface area contributed by atoms with Crippen molar-refractivity contribution < 1.29 is 29.0 Å². The molecule has 11 heteroatoms. The van der Waals surface area contributed by atoms with Crippen LogP contribution >= 0.6 is 0 Å². The minimum absolute atomic E-state index is 0.0743. The van der Waals surface area contributed by atoms with Gasteiger partial charge in [-0.25, -0.2) is 4.68 Å². The summed E-state index contributed by atoms with van der Waals surface area (Å²) in [6.07, 6.45) is 5.12. The molecule has 2 bridgehead atoms. The molecule has 2 unspecified atom stereocenters. The average Bonchev–Trinajstić information content (AvgIpc) is 3.65. The number of esters is 1. The molecule has 0 aliphatic carbocycles. The van der Waals surface area contributed by atoms with E-state index in [2.05, 4.69) is 23.5 Å². The number of carbonyl (C=O) groups is 3. The van der Waals surface area contributed by atoms with Gasteiger partial charge >= 0.3 is 5.97 Å². The van der Waals surface area contributed by atoms with Gasteiger partial charge in [0.15, 0.2) is 0 Å². The van der Waals surface area contributed by atoms with Gasteiger partial charge in [0.05, 0.1) is 36.3 Å². The van der Waals surface area contributed by atoms with E-state index in [1.165, 1.54) is 4.90 Å². The number of rotatable bonds is 12. The molecule has 1 spiro atoms. The van der Waals surface area contributed by atoms with Gasteiger partial charge in [0.25, 0.3) is 0 Å². The van der Waals surface area contributed by atoms with Gasteiger partial charge in [-0.15, -0.1) is 18.3 Å². The summed E-state index contributed by atoms with van der Waals surface area (Å²) in [6, 6.07) is 5.79. The van der Waals surface area contributed by atoms with E-state index in [9.17, 15) is 19.5 Å². The molecular formula is C29H37N5O6. The number of aliphatic hydroxyl groups is 1. The van der Waals surface area contributed by atoms with E-state index in [-0.39, 0.29) is 38.2 Å². The fourth-order valence-electron chi connectivity index (χ4n) is 6.87. The van der Waals surface area contributed by atoms with Crippen molar-refractivity contribution in [1.29, 1.82) is 0 Å². The largest absolute Gasteiger partial charge is 0.465 e. The second kappa shape index (κ2) is 10.8. The summed E-state index contributed by atoms with van der Waals surface area (Å²) in [6.45, 7) is 11.3. The molecule has 40 heavy (non-hydrogen) atoms. The van der Waals surface area contributed by atoms with Gasteiger partial charge in [0.2, 0.25) is 11.8 Å². The number of nitrogens with zero attached hydrogens (tertiary/aromatic N) is 5. The summed E-state index contributed by atoms with van der Waals surface area (Å²) in [5.74, 6) is -2.98. The van der Waals surface area contributed by atoms with Crippen LogP contribution in [0.15, 0.2) is 49.6 Å². The number of aromatic nitrogens is 3. The number of hydrogen-bond donors (Lipinski definition) is 1. The van der Waals surface area contributed by atoms with Crippen molar-refractivity contribution in [1.82, 2.24) is 24.8 Å². The van der Waals surface area contributed by atoms with Gasteiger partial charge in [-0.1, -0.05) is 36.4 Å². The predicted octanol–water partition coefficient (Wildman–Crippen LogP) is 2.06. The maximum atomic E-state index is 14.5. The van der Waals surface area contributed by atoms with Crippen molar-refractivity contribution in [2.75, 3.05) is 19.8 Å². The van der Waals surface area contributed by atoms with Crippen LogP contribution in [0.5, 0.6) is 0 Å². The quantitative estimate of drug-likeness (QED) is 0.241. The number of para-hydroxylation sites is 1. The Hall–Kier alpha value is -3.57. The van der Waals surface area contributed by atoms with Crippen LogP contribution in [0.3, 0.4) is 0 Å². The Morgan fingerprint density at radius 3 is 2.77 bits per heavy atom. The van der Waals surface area contributed by atoms with Crippen molar-refractivity contribution in [3.8, 4) is 0 Å². The lowest BCUT2D eigenvalue weighted by Gasteiger charge is -2.39. The van der Waals surface area contributed by atoms with Crippen LogP contribution in [0, 0.1) is 11.8 Å². The van der Waals surface area contributed by atoms with Crippen molar-refractivity contribution in [3.63, 3.8) is 0 Å². The molecule has 1 N–H and O–H groups in total. The van der Waals surface area contributed by atoms with Crippen LogP contribution in [-0.2, 0) is 30.5 Å². The molecule has 2 aromatic rings. The van der Waals surface area contributed by atoms with Gasteiger partial charge in [-0.3, -0.25) is 14.4 Å². The topological polar surface area (TPSA) is 127 Å². The van der Waals surface area contributed by atoms with Crippen LogP contribution in [0.4, 0.5) is 0 Å². The summed E-state index contributed by atoms with van der Waals surface area (Å²) in [5.41, 5.74) is -0.714. The van der Waals surface area contributed by atoms with E-state index in [1.54, 1.807) is 21.7 Å². The lowest BCUT2D eigenvalue weighted by Crippen LogP contribution is -2.59. The Morgan fingerprint density at radius 1 is 1.30 bits per heavy atom. The minimum atomic E-state index is -1.22. The molecule has 0 radical (unpaired) electrons. The Kier molecular flexibility index (Phi) is 7.54. The van der Waals surface area contributed by atoms with Gasteiger partial charge in [0, 0.05) is 6.54 Å². The van der Waals surface area contributed by atoms with Crippen molar-refractivity contribution in [2.45, 2.75) is 69.5 Å². The van der Waals surface area contributed by atoms with E-state index in [1.807, 2.05) is 38.1 Å². The highest BCUT2D eigenvalue weighted by Crippen LogP contribution is 2.63. The molecule has 4 heterocycles. The summed E-state index contributed by atoms with van der Waals surface area (Å²) in [5, 5.41) is 18.7. The van der Waals surface area contributed by atoms with Crippen LogP contribution in [-0.4, -0.2) is 90.7 Å². The number of likely N-dealkylation sites (tertiary alicyclic amines) is 1. The third-order valence-electron chi connectivity index (χ3n) is 8.73. The highest BCUT2D eigenvalue weighted by atomic mass is 16.6. The molecule has 1 aromatic heterocycles. The number of benzene rings is 1. The maximum absolute atomic E-state index is 14.5. The molecule has 3 aliphatic rings. The SMILES string of the molecule is C=CCCOC(=O)[C@@H]1[C@H]2C(=O)N([C@@H](CC)CO)C(C(=O)N(CC=C)Cn3nnc4ccccc43)C23CC[C@@]1(C)O3. The molecule has 3 saturated heterocycles. The molecule has 11 nitrogen and oxygen atoms in total. The molecule has 3 fully saturated rings. The second-order valence-corrected chi connectivity index (χ2v) is 11.0. The highest BCUT2D eigenvalue weighted by molar-refractivity contribution is 5.98. The van der Waals surface area contributed by atoms with Gasteiger partial charge in [0.1, 0.15) is 29.7 Å². The summed E-state index contributed by atoms with van der Waals surface area (Å²) >= 11 is 0. The highest BCUT2D eigenvalue weighted by Gasteiger charge is 2.79. The minimum Gasteiger partial charge on any atom is -0.465 e. The van der Waals surface area contributed by atoms with E-state index in [0.717, 1.165) is 5.52 Å². The standard InChI is InChI=1S/C29H37N5O6/c1-5-8-16-39-27(38)23-22-25(36)34(19(7-3)17-35)24(29(22)14-13-28(23,4)40-29)26(37)32(15-6-2)18-33-21-12-10-9-11-20(21)30-31-33/h5-6,9-12,19,22-24,35H,1-2,7-8,13-18H2,3-4H3/t19-,22-,23-,24?,28+,29?/m0/s1. The van der Waals surface area contributed by atoms with Crippen molar-refractivity contribution >= 4 is 28.8 Å². The third-order valence-corrected chi connectivity index (χ3v) is 8.73. The first kappa shape index (κ1) is 28.0. The molecule has 2 amide bonds. The first-order valence-corrected chi connectivity index (χ1v) is 13.8. The average molecular weight is 552 g/mol. The molecule has 3 aliphatic heterocycles. The lowest BCUT2D eigenvalue weighted by molar-refractivity contribution is -0.162. The zero-order valence-corrected chi connectivity index (χ0v) is 23.1. The van der Waals surface area contributed by atoms with E-state index >= 15 is 0 Å². The molecule has 5 rings (SSSR count). The van der Waals surface area contributed by atoms with E-state index in [0.29, 0.717) is 31.2 Å². The fourth-order valence-corrected chi connectivity index (χ4v) is 6.87. The molecular weight excluding hydrogens is 514 g/mol. The van der Waals surface area contributed by atoms with E-state index < -0.39 is 41.1 Å². The van der Waals surface area contributed by atoms with Crippen molar-refractivity contribution in [2.24, 2.45) is 11.8 Å². The predicted molar refractivity (Wildman–Crippen MR) is 145 cm³/mol. The third kappa shape index (κ3) is 4.23. The molecule has 6 atom stereocenters. The van der Waals surface area contributed by atoms with Crippen LogP contribution in [0.25, 0.3) is 11.0 Å². The smallest absolute Gasteiger partial charge is 0.312 e.